The number of methoxy groups -OCH3 is 1. The average molecular weight is 225 g/mol. The summed E-state index contributed by atoms with van der Waals surface area (Å²) in [5.41, 5.74) is 3.23. The van der Waals surface area contributed by atoms with E-state index in [0.29, 0.717) is 0 Å². The molecule has 0 aliphatic carbocycles. The van der Waals surface area contributed by atoms with Gasteiger partial charge in [0.25, 0.3) is 0 Å². The Labute approximate surface area is 102 Å². The Hall–Kier alpha value is -2.09. The third-order valence-corrected chi connectivity index (χ3v) is 2.46. The largest absolute Gasteiger partial charge is 0.497 e. The molecule has 0 atom stereocenters. The molecular weight excluding hydrogens is 210 g/mol. The van der Waals surface area contributed by atoms with E-state index in [1.54, 1.807) is 7.11 Å². The van der Waals surface area contributed by atoms with E-state index in [0.717, 1.165) is 17.0 Å². The van der Waals surface area contributed by atoms with Crippen LogP contribution in [0.5, 0.6) is 5.75 Å². The van der Waals surface area contributed by atoms with Crippen molar-refractivity contribution < 1.29 is 4.74 Å². The fraction of sp³-hybridized carbons (Fsp3) is 0.133. The number of hydrogen-bond donors (Lipinski definition) is 0. The van der Waals surface area contributed by atoms with Crippen LogP contribution in [-0.4, -0.2) is 13.3 Å². The Bertz CT molecular complexity index is 532. The SMILES string of the molecule is COc1cccc(/N=C/c2cccc(C)c2)c1. The summed E-state index contributed by atoms with van der Waals surface area (Å²) in [5.74, 6) is 0.823. The molecule has 0 unspecified atom stereocenters. The van der Waals surface area contributed by atoms with Gasteiger partial charge in [0.15, 0.2) is 0 Å². The Morgan fingerprint density at radius 3 is 2.65 bits per heavy atom. The zero-order valence-corrected chi connectivity index (χ0v) is 10.1. The van der Waals surface area contributed by atoms with Gasteiger partial charge >= 0.3 is 0 Å². The molecule has 0 aliphatic rings. The van der Waals surface area contributed by atoms with Gasteiger partial charge in [-0.15, -0.1) is 0 Å². The molecule has 0 radical (unpaired) electrons. The highest BCUT2D eigenvalue weighted by molar-refractivity contribution is 5.82. The lowest BCUT2D eigenvalue weighted by molar-refractivity contribution is 0.415. The summed E-state index contributed by atoms with van der Waals surface area (Å²) in [6, 6.07) is 15.9. The molecule has 2 rings (SSSR count). The Kier molecular flexibility index (Phi) is 3.55. The summed E-state index contributed by atoms with van der Waals surface area (Å²) in [6.07, 6.45) is 1.86. The van der Waals surface area contributed by atoms with Gasteiger partial charge in [-0.3, -0.25) is 4.99 Å². The van der Waals surface area contributed by atoms with Crippen molar-refractivity contribution in [1.29, 1.82) is 0 Å². The second kappa shape index (κ2) is 5.30. The quantitative estimate of drug-likeness (QED) is 0.729. The lowest BCUT2D eigenvalue weighted by Crippen LogP contribution is -1.83. The topological polar surface area (TPSA) is 21.6 Å². The van der Waals surface area contributed by atoms with E-state index in [1.165, 1.54) is 5.56 Å². The lowest BCUT2D eigenvalue weighted by atomic mass is 10.1. The summed E-state index contributed by atoms with van der Waals surface area (Å²) < 4.78 is 5.15. The third-order valence-electron chi connectivity index (χ3n) is 2.46. The monoisotopic (exact) mass is 225 g/mol. The molecule has 0 heterocycles. The van der Waals surface area contributed by atoms with Gasteiger partial charge in [0.1, 0.15) is 5.75 Å². The van der Waals surface area contributed by atoms with Gasteiger partial charge in [0, 0.05) is 12.3 Å². The summed E-state index contributed by atoms with van der Waals surface area (Å²) in [5, 5.41) is 0. The number of hydrogen-bond acceptors (Lipinski definition) is 2. The van der Waals surface area contributed by atoms with E-state index in [9.17, 15) is 0 Å². The Morgan fingerprint density at radius 2 is 1.88 bits per heavy atom. The molecule has 2 aromatic carbocycles. The van der Waals surface area contributed by atoms with Crippen LogP contribution < -0.4 is 4.74 Å². The lowest BCUT2D eigenvalue weighted by Gasteiger charge is -2.00. The van der Waals surface area contributed by atoms with Crippen LogP contribution in [0.15, 0.2) is 53.5 Å². The fourth-order valence-corrected chi connectivity index (χ4v) is 1.59. The molecule has 0 spiro atoms. The van der Waals surface area contributed by atoms with Crippen LogP contribution >= 0.6 is 0 Å². The molecule has 17 heavy (non-hydrogen) atoms. The number of rotatable bonds is 3. The van der Waals surface area contributed by atoms with E-state index in [-0.39, 0.29) is 0 Å². The summed E-state index contributed by atoms with van der Waals surface area (Å²) in [4.78, 5) is 4.42. The minimum absolute atomic E-state index is 0.823. The maximum absolute atomic E-state index is 5.15. The molecular formula is C15H15NO. The van der Waals surface area contributed by atoms with Gasteiger partial charge in [-0.1, -0.05) is 35.9 Å². The summed E-state index contributed by atoms with van der Waals surface area (Å²) in [7, 11) is 1.66. The molecule has 0 amide bonds. The first kappa shape index (κ1) is 11.4. The summed E-state index contributed by atoms with van der Waals surface area (Å²) >= 11 is 0. The normalized spacial score (nSPS) is 10.7. The first-order valence-corrected chi connectivity index (χ1v) is 5.53. The van der Waals surface area contributed by atoms with Crippen LogP contribution in [0.2, 0.25) is 0 Å². The number of ether oxygens (including phenoxy) is 1. The smallest absolute Gasteiger partial charge is 0.121 e. The second-order valence-corrected chi connectivity index (χ2v) is 3.87. The van der Waals surface area contributed by atoms with Crippen molar-refractivity contribution in [3.63, 3.8) is 0 Å². The van der Waals surface area contributed by atoms with Crippen LogP contribution in [-0.2, 0) is 0 Å². The molecule has 0 aliphatic heterocycles. The van der Waals surface area contributed by atoms with Crippen molar-refractivity contribution in [2.24, 2.45) is 4.99 Å². The van der Waals surface area contributed by atoms with Crippen molar-refractivity contribution in [1.82, 2.24) is 0 Å². The first-order chi connectivity index (χ1) is 8.28. The predicted octanol–water partition coefficient (Wildman–Crippen LogP) is 3.75. The highest BCUT2D eigenvalue weighted by Gasteiger charge is 1.93. The molecule has 0 bridgehead atoms. The fourth-order valence-electron chi connectivity index (χ4n) is 1.59. The van der Waals surface area contributed by atoms with Crippen molar-refractivity contribution in [3.05, 3.63) is 59.7 Å². The van der Waals surface area contributed by atoms with Crippen LogP contribution in [0.25, 0.3) is 0 Å². The second-order valence-electron chi connectivity index (χ2n) is 3.87. The first-order valence-electron chi connectivity index (χ1n) is 5.53. The molecule has 0 saturated carbocycles. The highest BCUT2D eigenvalue weighted by Crippen LogP contribution is 2.19. The van der Waals surface area contributed by atoms with Crippen molar-refractivity contribution in [2.75, 3.05) is 7.11 Å². The predicted molar refractivity (Wildman–Crippen MR) is 71.4 cm³/mol. The van der Waals surface area contributed by atoms with E-state index >= 15 is 0 Å². The average Bonchev–Trinajstić information content (AvgIpc) is 2.37. The van der Waals surface area contributed by atoms with E-state index < -0.39 is 0 Å². The number of nitrogens with zero attached hydrogens (tertiary/aromatic N) is 1. The van der Waals surface area contributed by atoms with Crippen LogP contribution in [0.4, 0.5) is 5.69 Å². The van der Waals surface area contributed by atoms with Gasteiger partial charge in [0.05, 0.1) is 12.8 Å². The standard InChI is InChI=1S/C15H15NO/c1-12-5-3-6-13(9-12)11-16-14-7-4-8-15(10-14)17-2/h3-11H,1-2H3/b16-11+. The van der Waals surface area contributed by atoms with E-state index in [2.05, 4.69) is 24.0 Å². The van der Waals surface area contributed by atoms with Crippen molar-refractivity contribution >= 4 is 11.9 Å². The van der Waals surface area contributed by atoms with Gasteiger partial charge in [-0.05, 0) is 24.6 Å². The number of aliphatic imine (C=N–C) groups is 1. The zero-order valence-electron chi connectivity index (χ0n) is 10.1. The minimum atomic E-state index is 0.823. The van der Waals surface area contributed by atoms with Crippen molar-refractivity contribution in [2.45, 2.75) is 6.92 Å². The molecule has 2 heteroatoms. The number of benzene rings is 2. The van der Waals surface area contributed by atoms with Crippen LogP contribution in [0, 0.1) is 6.92 Å². The van der Waals surface area contributed by atoms with E-state index in [1.807, 2.05) is 42.6 Å². The van der Waals surface area contributed by atoms with Gasteiger partial charge in [-0.25, -0.2) is 0 Å². The van der Waals surface area contributed by atoms with Crippen molar-refractivity contribution in [3.8, 4) is 5.75 Å². The van der Waals surface area contributed by atoms with Crippen LogP contribution in [0.3, 0.4) is 0 Å². The van der Waals surface area contributed by atoms with Gasteiger partial charge in [0.2, 0.25) is 0 Å². The summed E-state index contributed by atoms with van der Waals surface area (Å²) in [6.45, 7) is 2.07. The van der Waals surface area contributed by atoms with E-state index in [4.69, 9.17) is 4.74 Å². The Morgan fingerprint density at radius 1 is 1.06 bits per heavy atom. The van der Waals surface area contributed by atoms with Crippen LogP contribution in [0.1, 0.15) is 11.1 Å². The maximum Gasteiger partial charge on any atom is 0.121 e. The molecule has 86 valence electrons. The Balaban J connectivity index is 2.19. The molecule has 2 nitrogen and oxygen atoms in total. The van der Waals surface area contributed by atoms with Gasteiger partial charge in [-0.2, -0.15) is 0 Å². The molecule has 0 fully saturated rings. The molecule has 2 aromatic rings. The third kappa shape index (κ3) is 3.18. The molecule has 0 saturated heterocycles. The molecule has 0 aromatic heterocycles. The van der Waals surface area contributed by atoms with Gasteiger partial charge < -0.3 is 4.74 Å². The zero-order chi connectivity index (χ0) is 12.1. The number of aryl methyl sites for hydroxylation is 1. The molecule has 0 N–H and O–H groups in total. The minimum Gasteiger partial charge on any atom is -0.497 e. The highest BCUT2D eigenvalue weighted by atomic mass is 16.5. The maximum atomic E-state index is 5.15.